The molecule has 3 saturated heterocycles. The topological polar surface area (TPSA) is 98.2 Å². The Kier molecular flexibility index (Phi) is 6.07. The average molecular weight is 425 g/mol. The first kappa shape index (κ1) is 22.2. The molecule has 3 fully saturated rings. The zero-order chi connectivity index (χ0) is 21.6. The van der Waals surface area contributed by atoms with Gasteiger partial charge in [-0.05, 0) is 46.5 Å². The van der Waals surface area contributed by atoms with E-state index in [1.807, 2.05) is 20.8 Å². The first-order valence-electron chi connectivity index (χ1n) is 10.3. The third-order valence-electron chi connectivity index (χ3n) is 6.51. The molecule has 0 radical (unpaired) electrons. The first-order chi connectivity index (χ1) is 13.6. The van der Waals surface area contributed by atoms with Crippen LogP contribution in [-0.4, -0.2) is 79.1 Å². The molecule has 0 aromatic carbocycles. The van der Waals surface area contributed by atoms with Gasteiger partial charge in [-0.25, -0.2) is 0 Å². The quantitative estimate of drug-likeness (QED) is 0.455. The van der Waals surface area contributed by atoms with Gasteiger partial charge in [-0.1, -0.05) is 6.08 Å². The Hall–Kier alpha value is -1.54. The second-order valence-corrected chi connectivity index (χ2v) is 10.9. The molecular weight excluding hydrogens is 392 g/mol. The standard InChI is InChI=1S/C21H32N2O5S/c1-5-10-23(20(2,3)4)18(26)16-21-9-8-13(29-21)14(19(27)28)15(21)17(25)22(16)11-6-7-12-24/h5,13-16,24H,1,6-12H2,2-4H3,(H,27,28)/t13-,14+,15-,16?,21?/m0/s1. The van der Waals surface area contributed by atoms with Crippen LogP contribution in [-0.2, 0) is 14.4 Å². The Morgan fingerprint density at radius 1 is 1.38 bits per heavy atom. The lowest BCUT2D eigenvalue weighted by atomic mass is 9.71. The summed E-state index contributed by atoms with van der Waals surface area (Å²) in [6.45, 7) is 10.4. The van der Waals surface area contributed by atoms with Crippen molar-refractivity contribution in [2.24, 2.45) is 11.8 Å². The summed E-state index contributed by atoms with van der Waals surface area (Å²) in [5, 5.41) is 18.9. The van der Waals surface area contributed by atoms with Gasteiger partial charge in [-0.15, -0.1) is 18.3 Å². The number of unbranched alkanes of at least 4 members (excludes halogenated alkanes) is 1. The minimum atomic E-state index is -0.940. The van der Waals surface area contributed by atoms with Crippen LogP contribution in [0.25, 0.3) is 0 Å². The molecule has 5 atom stereocenters. The fourth-order valence-electron chi connectivity index (χ4n) is 5.32. The van der Waals surface area contributed by atoms with E-state index in [0.29, 0.717) is 32.4 Å². The van der Waals surface area contributed by atoms with Crippen LogP contribution in [0.1, 0.15) is 46.5 Å². The number of fused-ring (bicyclic) bond motifs is 1. The predicted molar refractivity (Wildman–Crippen MR) is 111 cm³/mol. The van der Waals surface area contributed by atoms with E-state index in [2.05, 4.69) is 6.58 Å². The van der Waals surface area contributed by atoms with Gasteiger partial charge in [0.05, 0.1) is 16.6 Å². The molecule has 2 amide bonds. The van der Waals surface area contributed by atoms with Gasteiger partial charge in [0.25, 0.3) is 0 Å². The van der Waals surface area contributed by atoms with Crippen molar-refractivity contribution in [3.63, 3.8) is 0 Å². The smallest absolute Gasteiger partial charge is 0.308 e. The highest BCUT2D eigenvalue weighted by atomic mass is 32.2. The molecule has 3 rings (SSSR count). The number of aliphatic hydroxyl groups excluding tert-OH is 1. The molecule has 0 aliphatic carbocycles. The van der Waals surface area contributed by atoms with E-state index in [4.69, 9.17) is 5.11 Å². The molecule has 29 heavy (non-hydrogen) atoms. The zero-order valence-corrected chi connectivity index (χ0v) is 18.3. The molecule has 0 aromatic rings. The van der Waals surface area contributed by atoms with Crippen molar-refractivity contribution in [3.8, 4) is 0 Å². The number of amides is 2. The van der Waals surface area contributed by atoms with E-state index in [9.17, 15) is 19.5 Å². The normalized spacial score (nSPS) is 33.1. The lowest BCUT2D eigenvalue weighted by Crippen LogP contribution is -2.58. The Balaban J connectivity index is 2.03. The fraction of sp³-hybridized carbons (Fsp3) is 0.762. The Morgan fingerprint density at radius 2 is 2.07 bits per heavy atom. The number of carboxylic acids is 1. The maximum Gasteiger partial charge on any atom is 0.308 e. The summed E-state index contributed by atoms with van der Waals surface area (Å²) >= 11 is 1.55. The van der Waals surface area contributed by atoms with E-state index in [0.717, 1.165) is 6.42 Å². The van der Waals surface area contributed by atoms with Crippen molar-refractivity contribution in [1.29, 1.82) is 0 Å². The number of nitrogens with zero attached hydrogens (tertiary/aromatic N) is 2. The van der Waals surface area contributed by atoms with Crippen LogP contribution >= 0.6 is 11.8 Å². The van der Waals surface area contributed by atoms with E-state index >= 15 is 0 Å². The van der Waals surface area contributed by atoms with Gasteiger partial charge in [0, 0.05) is 30.5 Å². The summed E-state index contributed by atoms with van der Waals surface area (Å²) in [6.07, 6.45) is 4.20. The van der Waals surface area contributed by atoms with Crippen LogP contribution in [0.15, 0.2) is 12.7 Å². The summed E-state index contributed by atoms with van der Waals surface area (Å²) in [7, 11) is 0. The summed E-state index contributed by atoms with van der Waals surface area (Å²) in [6, 6.07) is -0.669. The van der Waals surface area contributed by atoms with Crippen LogP contribution < -0.4 is 0 Å². The average Bonchev–Trinajstić information content (AvgIpc) is 3.26. The molecule has 0 saturated carbocycles. The molecule has 2 N–H and O–H groups in total. The van der Waals surface area contributed by atoms with Gasteiger partial charge in [-0.3, -0.25) is 14.4 Å². The second-order valence-electron chi connectivity index (χ2n) is 9.26. The highest BCUT2D eigenvalue weighted by Crippen LogP contribution is 2.66. The van der Waals surface area contributed by atoms with Crippen molar-refractivity contribution in [2.45, 2.75) is 68.0 Å². The SMILES string of the molecule is C=CCN(C(=O)C1N(CCCCO)C(=O)[C@@H]2[C@H](C(=O)O)[C@@H]3CCC12S3)C(C)(C)C. The molecule has 3 aliphatic heterocycles. The van der Waals surface area contributed by atoms with Crippen molar-refractivity contribution >= 4 is 29.5 Å². The highest BCUT2D eigenvalue weighted by molar-refractivity contribution is 8.02. The first-order valence-corrected chi connectivity index (χ1v) is 11.2. The largest absolute Gasteiger partial charge is 0.481 e. The van der Waals surface area contributed by atoms with E-state index in [-0.39, 0.29) is 23.7 Å². The molecule has 7 nitrogen and oxygen atoms in total. The zero-order valence-electron chi connectivity index (χ0n) is 17.5. The molecule has 162 valence electrons. The lowest BCUT2D eigenvalue weighted by Gasteiger charge is -2.42. The number of aliphatic hydroxyl groups is 1. The molecule has 3 heterocycles. The van der Waals surface area contributed by atoms with Gasteiger partial charge in [0.2, 0.25) is 11.8 Å². The minimum Gasteiger partial charge on any atom is -0.481 e. The monoisotopic (exact) mass is 424 g/mol. The number of rotatable bonds is 8. The number of thioether (sulfide) groups is 1. The van der Waals surface area contributed by atoms with Crippen LogP contribution in [0.2, 0.25) is 0 Å². The van der Waals surface area contributed by atoms with Gasteiger partial charge in [0.15, 0.2) is 0 Å². The van der Waals surface area contributed by atoms with Crippen LogP contribution in [0, 0.1) is 11.8 Å². The minimum absolute atomic E-state index is 0.0222. The van der Waals surface area contributed by atoms with Gasteiger partial charge in [-0.2, -0.15) is 0 Å². The van der Waals surface area contributed by atoms with Crippen LogP contribution in [0.5, 0.6) is 0 Å². The van der Waals surface area contributed by atoms with Gasteiger partial charge >= 0.3 is 5.97 Å². The number of hydrogen-bond donors (Lipinski definition) is 2. The number of carboxylic acid groups (broad SMARTS) is 1. The summed E-state index contributed by atoms with van der Waals surface area (Å²) in [5.74, 6) is -2.67. The Labute approximate surface area is 176 Å². The van der Waals surface area contributed by atoms with Crippen molar-refractivity contribution in [2.75, 3.05) is 19.7 Å². The van der Waals surface area contributed by atoms with Crippen molar-refractivity contribution in [1.82, 2.24) is 9.80 Å². The number of hydrogen-bond acceptors (Lipinski definition) is 5. The molecule has 3 aliphatic rings. The summed E-state index contributed by atoms with van der Waals surface area (Å²) in [5.41, 5.74) is -0.451. The maximum atomic E-state index is 13.8. The molecule has 2 unspecified atom stereocenters. The Morgan fingerprint density at radius 3 is 2.62 bits per heavy atom. The Bertz CT molecular complexity index is 706. The van der Waals surface area contributed by atoms with Crippen molar-refractivity contribution < 1.29 is 24.6 Å². The summed E-state index contributed by atoms with van der Waals surface area (Å²) < 4.78 is -0.675. The second kappa shape index (κ2) is 7.95. The third-order valence-corrected chi connectivity index (χ3v) is 8.47. The molecular formula is C21H32N2O5S. The molecule has 1 spiro atoms. The van der Waals surface area contributed by atoms with E-state index in [1.54, 1.807) is 27.6 Å². The van der Waals surface area contributed by atoms with Crippen molar-refractivity contribution in [3.05, 3.63) is 12.7 Å². The number of aliphatic carboxylic acids is 1. The number of carbonyl (C=O) groups excluding carboxylic acids is 2. The third kappa shape index (κ3) is 3.48. The molecule has 8 heteroatoms. The molecule has 0 aromatic heterocycles. The number of likely N-dealkylation sites (tertiary alicyclic amines) is 1. The van der Waals surface area contributed by atoms with E-state index in [1.165, 1.54) is 0 Å². The van der Waals surface area contributed by atoms with Crippen LogP contribution in [0.3, 0.4) is 0 Å². The van der Waals surface area contributed by atoms with Gasteiger partial charge in [0.1, 0.15) is 6.04 Å². The molecule has 2 bridgehead atoms. The van der Waals surface area contributed by atoms with Gasteiger partial charge < -0.3 is 20.0 Å². The predicted octanol–water partition coefficient (Wildman–Crippen LogP) is 1.75. The van der Waals surface area contributed by atoms with Crippen LogP contribution in [0.4, 0.5) is 0 Å². The van der Waals surface area contributed by atoms with E-state index < -0.39 is 34.1 Å². The fourth-order valence-corrected chi connectivity index (χ4v) is 7.53. The maximum absolute atomic E-state index is 13.8. The lowest BCUT2D eigenvalue weighted by molar-refractivity contribution is -0.148. The highest BCUT2D eigenvalue weighted by Gasteiger charge is 2.74. The summed E-state index contributed by atoms with van der Waals surface area (Å²) in [4.78, 5) is 42.6. The number of carbonyl (C=O) groups is 3.